The van der Waals surface area contributed by atoms with Crippen LogP contribution in [0.3, 0.4) is 0 Å². The van der Waals surface area contributed by atoms with Crippen molar-refractivity contribution < 1.29 is 9.72 Å². The summed E-state index contributed by atoms with van der Waals surface area (Å²) in [4.78, 5) is 27.4. The second-order valence-corrected chi connectivity index (χ2v) is 6.91. The number of aromatic nitrogens is 2. The first-order chi connectivity index (χ1) is 14.1. The van der Waals surface area contributed by atoms with Crippen molar-refractivity contribution >= 4 is 23.4 Å². The molecule has 3 aromatic rings. The van der Waals surface area contributed by atoms with Gasteiger partial charge in [-0.1, -0.05) is 18.2 Å². The Kier molecular flexibility index (Phi) is 5.20. The number of benzene rings is 2. The summed E-state index contributed by atoms with van der Waals surface area (Å²) in [7, 11) is 0. The molecule has 7 nitrogen and oxygen atoms in total. The van der Waals surface area contributed by atoms with E-state index < -0.39 is 4.92 Å². The number of hydrogen-bond donors (Lipinski definition) is 1. The average Bonchev–Trinajstić information content (AvgIpc) is 3.17. The minimum absolute atomic E-state index is 0.0169. The fourth-order valence-corrected chi connectivity index (χ4v) is 3.41. The standard InChI is InChI=1S/C22H20N4O3/c27-22(13-10-16-8-11-17(12-9-16)26(28)29)24-19-6-2-1-5-18(19)20-15-25-14-4-3-7-21(25)23-20/h1-2,5-6,8-13,15H,3-4,7,14H2,(H,24,27)/b13-10+. The first-order valence-electron chi connectivity index (χ1n) is 9.49. The van der Waals surface area contributed by atoms with Crippen LogP contribution in [0.2, 0.25) is 0 Å². The SMILES string of the molecule is O=C(/C=C/c1ccc([N+](=O)[O-])cc1)Nc1ccccc1-c1cn2c(n1)CCCC2. The summed E-state index contributed by atoms with van der Waals surface area (Å²) >= 11 is 0. The molecule has 29 heavy (non-hydrogen) atoms. The van der Waals surface area contributed by atoms with Crippen molar-refractivity contribution in [1.29, 1.82) is 0 Å². The third kappa shape index (κ3) is 4.24. The van der Waals surface area contributed by atoms with E-state index in [2.05, 4.69) is 9.88 Å². The number of nitro benzene ring substituents is 1. The van der Waals surface area contributed by atoms with Crippen LogP contribution in [-0.2, 0) is 17.8 Å². The highest BCUT2D eigenvalue weighted by atomic mass is 16.6. The summed E-state index contributed by atoms with van der Waals surface area (Å²) in [5, 5.41) is 13.6. The highest BCUT2D eigenvalue weighted by molar-refractivity contribution is 6.04. The zero-order valence-electron chi connectivity index (χ0n) is 15.7. The first-order valence-corrected chi connectivity index (χ1v) is 9.49. The molecule has 0 spiro atoms. The molecule has 0 fully saturated rings. The Bertz CT molecular complexity index is 1060. The number of nitro groups is 1. The first kappa shape index (κ1) is 18.6. The molecular formula is C22H20N4O3. The molecule has 0 aliphatic carbocycles. The monoisotopic (exact) mass is 388 g/mol. The van der Waals surface area contributed by atoms with Gasteiger partial charge in [-0.3, -0.25) is 14.9 Å². The maximum absolute atomic E-state index is 12.4. The molecule has 0 saturated heterocycles. The van der Waals surface area contributed by atoms with Crippen molar-refractivity contribution in [2.75, 3.05) is 5.32 Å². The molecule has 0 unspecified atom stereocenters. The summed E-state index contributed by atoms with van der Waals surface area (Å²) in [5.41, 5.74) is 3.16. The summed E-state index contributed by atoms with van der Waals surface area (Å²) in [5.74, 6) is 0.810. The van der Waals surface area contributed by atoms with E-state index in [1.165, 1.54) is 18.2 Å². The number of aryl methyl sites for hydroxylation is 2. The van der Waals surface area contributed by atoms with E-state index in [9.17, 15) is 14.9 Å². The summed E-state index contributed by atoms with van der Waals surface area (Å²) in [6.45, 7) is 0.981. The normalized spacial score (nSPS) is 13.2. The zero-order chi connectivity index (χ0) is 20.2. The van der Waals surface area contributed by atoms with Gasteiger partial charge in [-0.15, -0.1) is 0 Å². The number of nitrogens with one attached hydrogen (secondary N) is 1. The fourth-order valence-electron chi connectivity index (χ4n) is 3.41. The third-order valence-electron chi connectivity index (χ3n) is 4.90. The average molecular weight is 388 g/mol. The van der Waals surface area contributed by atoms with E-state index in [0.29, 0.717) is 11.3 Å². The zero-order valence-corrected chi connectivity index (χ0v) is 15.7. The van der Waals surface area contributed by atoms with Crippen LogP contribution in [0.25, 0.3) is 17.3 Å². The lowest BCUT2D eigenvalue weighted by Gasteiger charge is -2.11. The summed E-state index contributed by atoms with van der Waals surface area (Å²) in [6, 6.07) is 13.6. The molecule has 0 radical (unpaired) electrons. The molecule has 1 aromatic heterocycles. The van der Waals surface area contributed by atoms with E-state index >= 15 is 0 Å². The predicted molar refractivity (Wildman–Crippen MR) is 111 cm³/mol. The Balaban J connectivity index is 1.50. The molecule has 0 atom stereocenters. The third-order valence-corrected chi connectivity index (χ3v) is 4.90. The molecule has 1 aliphatic rings. The van der Waals surface area contributed by atoms with Crippen molar-refractivity contribution in [3.63, 3.8) is 0 Å². The summed E-state index contributed by atoms with van der Waals surface area (Å²) < 4.78 is 2.19. The number of non-ortho nitro benzene ring substituents is 1. The lowest BCUT2D eigenvalue weighted by atomic mass is 10.1. The van der Waals surface area contributed by atoms with Crippen LogP contribution in [0.5, 0.6) is 0 Å². The smallest absolute Gasteiger partial charge is 0.269 e. The Morgan fingerprint density at radius 1 is 1.14 bits per heavy atom. The number of carbonyl (C=O) groups is 1. The number of nitrogens with zero attached hydrogens (tertiary/aromatic N) is 3. The van der Waals surface area contributed by atoms with Crippen LogP contribution in [0.4, 0.5) is 11.4 Å². The Labute approximate surface area is 167 Å². The molecule has 1 aliphatic heterocycles. The predicted octanol–water partition coefficient (Wildman–Crippen LogP) is 4.45. The van der Waals surface area contributed by atoms with Crippen molar-refractivity contribution in [1.82, 2.24) is 9.55 Å². The molecule has 7 heteroatoms. The molecule has 1 amide bonds. The van der Waals surface area contributed by atoms with E-state index in [-0.39, 0.29) is 11.6 Å². The maximum Gasteiger partial charge on any atom is 0.269 e. The lowest BCUT2D eigenvalue weighted by molar-refractivity contribution is -0.384. The molecule has 2 aromatic carbocycles. The van der Waals surface area contributed by atoms with Crippen LogP contribution >= 0.6 is 0 Å². The number of anilines is 1. The van der Waals surface area contributed by atoms with Gasteiger partial charge in [0.05, 0.1) is 16.3 Å². The Morgan fingerprint density at radius 2 is 1.93 bits per heavy atom. The van der Waals surface area contributed by atoms with Gasteiger partial charge in [0.25, 0.3) is 5.69 Å². The van der Waals surface area contributed by atoms with Crippen molar-refractivity contribution in [3.8, 4) is 11.3 Å². The minimum Gasteiger partial charge on any atom is -0.334 e. The molecular weight excluding hydrogens is 368 g/mol. The quantitative estimate of drug-likeness (QED) is 0.397. The topological polar surface area (TPSA) is 90.1 Å². The number of hydrogen-bond acceptors (Lipinski definition) is 4. The summed E-state index contributed by atoms with van der Waals surface area (Å²) in [6.07, 6.45) is 8.38. The van der Waals surface area contributed by atoms with E-state index in [1.807, 2.05) is 30.5 Å². The number of amides is 1. The van der Waals surface area contributed by atoms with Crippen LogP contribution in [0, 0.1) is 10.1 Å². The van der Waals surface area contributed by atoms with Crippen molar-refractivity contribution in [2.24, 2.45) is 0 Å². The van der Waals surface area contributed by atoms with Gasteiger partial charge in [-0.05, 0) is 42.7 Å². The van der Waals surface area contributed by atoms with Gasteiger partial charge >= 0.3 is 0 Å². The van der Waals surface area contributed by atoms with Crippen LogP contribution < -0.4 is 5.32 Å². The van der Waals surface area contributed by atoms with Gasteiger partial charge < -0.3 is 9.88 Å². The minimum atomic E-state index is -0.453. The number of rotatable bonds is 5. The molecule has 146 valence electrons. The van der Waals surface area contributed by atoms with Crippen molar-refractivity contribution in [2.45, 2.75) is 25.8 Å². The van der Waals surface area contributed by atoms with Gasteiger partial charge in [0.15, 0.2) is 0 Å². The number of fused-ring (bicyclic) bond motifs is 1. The van der Waals surface area contributed by atoms with Gasteiger partial charge in [-0.25, -0.2) is 4.98 Å². The Morgan fingerprint density at radius 3 is 2.69 bits per heavy atom. The van der Waals surface area contributed by atoms with Gasteiger partial charge in [0.2, 0.25) is 5.91 Å². The molecule has 1 N–H and O–H groups in total. The van der Waals surface area contributed by atoms with Crippen LogP contribution in [0.1, 0.15) is 24.2 Å². The Hall–Kier alpha value is -3.74. The molecule has 4 rings (SSSR count). The van der Waals surface area contributed by atoms with Gasteiger partial charge in [-0.2, -0.15) is 0 Å². The van der Waals surface area contributed by atoms with Gasteiger partial charge in [0.1, 0.15) is 5.82 Å². The molecule has 0 saturated carbocycles. The number of carbonyl (C=O) groups excluding carboxylic acids is 1. The van der Waals surface area contributed by atoms with Gasteiger partial charge in [0, 0.05) is 42.9 Å². The highest BCUT2D eigenvalue weighted by Crippen LogP contribution is 2.29. The van der Waals surface area contributed by atoms with Crippen LogP contribution in [-0.4, -0.2) is 20.4 Å². The van der Waals surface area contributed by atoms with E-state index in [0.717, 1.165) is 42.9 Å². The fraction of sp³-hybridized carbons (Fsp3) is 0.182. The lowest BCUT2D eigenvalue weighted by Crippen LogP contribution is -2.09. The number of para-hydroxylation sites is 1. The van der Waals surface area contributed by atoms with Crippen molar-refractivity contribution in [3.05, 3.63) is 82.3 Å². The molecule has 0 bridgehead atoms. The second-order valence-electron chi connectivity index (χ2n) is 6.91. The van der Waals surface area contributed by atoms with E-state index in [1.54, 1.807) is 18.2 Å². The maximum atomic E-state index is 12.4. The highest BCUT2D eigenvalue weighted by Gasteiger charge is 2.15. The molecule has 2 heterocycles. The second kappa shape index (κ2) is 8.10. The number of imidazole rings is 1. The van der Waals surface area contributed by atoms with E-state index in [4.69, 9.17) is 4.98 Å². The largest absolute Gasteiger partial charge is 0.334 e. The van der Waals surface area contributed by atoms with Crippen LogP contribution in [0.15, 0.2) is 60.8 Å².